The molecule has 0 aliphatic heterocycles. The van der Waals surface area contributed by atoms with Crippen molar-refractivity contribution < 1.29 is 9.47 Å². The van der Waals surface area contributed by atoms with Crippen molar-refractivity contribution in [1.29, 1.82) is 0 Å². The molecule has 0 N–H and O–H groups in total. The molecule has 0 heterocycles. The monoisotopic (exact) mass is 290 g/mol. The quantitative estimate of drug-likeness (QED) is 0.670. The molecule has 3 aromatic carbocycles. The smallest absolute Gasteiger partial charge is 0.127 e. The molecular weight excluding hydrogens is 272 g/mol. The van der Waals surface area contributed by atoms with E-state index in [0.717, 1.165) is 33.8 Å². The van der Waals surface area contributed by atoms with E-state index in [0.29, 0.717) is 0 Å². The molecule has 22 heavy (non-hydrogen) atoms. The zero-order valence-corrected chi connectivity index (χ0v) is 12.7. The highest BCUT2D eigenvalue weighted by Gasteiger charge is 2.17. The van der Waals surface area contributed by atoms with Gasteiger partial charge in [-0.2, -0.15) is 0 Å². The summed E-state index contributed by atoms with van der Waals surface area (Å²) in [5.74, 6) is 1.68. The van der Waals surface area contributed by atoms with Gasteiger partial charge >= 0.3 is 0 Å². The van der Waals surface area contributed by atoms with Crippen LogP contribution in [-0.2, 0) is 0 Å². The number of hydrogen-bond acceptors (Lipinski definition) is 2. The Bertz CT molecular complexity index is 683. The van der Waals surface area contributed by atoms with Gasteiger partial charge < -0.3 is 9.47 Å². The van der Waals surface area contributed by atoms with Crippen LogP contribution in [0.3, 0.4) is 0 Å². The summed E-state index contributed by atoms with van der Waals surface area (Å²) in [7, 11) is 3.39. The third-order valence-corrected chi connectivity index (χ3v) is 3.69. The van der Waals surface area contributed by atoms with Crippen molar-refractivity contribution in [3.8, 4) is 33.8 Å². The minimum atomic E-state index is 0.839. The Hall–Kier alpha value is -2.74. The summed E-state index contributed by atoms with van der Waals surface area (Å²) in [6.45, 7) is 0. The standard InChI is InChI=1S/C20H18O2/c1-21-17-13-14-18(22-2)20(16-11-7-4-8-12-16)19(17)15-9-5-3-6-10-15/h3-14H,1-2H3. The van der Waals surface area contributed by atoms with Gasteiger partial charge in [0.05, 0.1) is 14.2 Å². The van der Waals surface area contributed by atoms with E-state index in [4.69, 9.17) is 9.47 Å². The van der Waals surface area contributed by atoms with Crippen LogP contribution in [0.1, 0.15) is 0 Å². The minimum Gasteiger partial charge on any atom is -0.496 e. The largest absolute Gasteiger partial charge is 0.496 e. The van der Waals surface area contributed by atoms with E-state index in [9.17, 15) is 0 Å². The maximum absolute atomic E-state index is 5.61. The molecule has 0 spiro atoms. The van der Waals surface area contributed by atoms with Crippen LogP contribution < -0.4 is 9.47 Å². The van der Waals surface area contributed by atoms with Crippen LogP contribution in [0, 0.1) is 0 Å². The molecule has 0 radical (unpaired) electrons. The first kappa shape index (κ1) is 14.2. The summed E-state index contributed by atoms with van der Waals surface area (Å²) in [6, 6.07) is 24.4. The van der Waals surface area contributed by atoms with E-state index in [1.165, 1.54) is 0 Å². The number of ether oxygens (including phenoxy) is 2. The van der Waals surface area contributed by atoms with Crippen LogP contribution in [0.15, 0.2) is 72.8 Å². The maximum atomic E-state index is 5.61. The van der Waals surface area contributed by atoms with E-state index < -0.39 is 0 Å². The first-order chi connectivity index (χ1) is 10.8. The SMILES string of the molecule is COc1ccc(OC)c(-c2ccccc2)c1-c1ccccc1. The number of hydrogen-bond donors (Lipinski definition) is 0. The lowest BCUT2D eigenvalue weighted by atomic mass is 9.93. The van der Waals surface area contributed by atoms with Gasteiger partial charge in [0.15, 0.2) is 0 Å². The summed E-state index contributed by atoms with van der Waals surface area (Å²) in [6.07, 6.45) is 0. The fraction of sp³-hybridized carbons (Fsp3) is 0.100. The van der Waals surface area contributed by atoms with E-state index >= 15 is 0 Å². The highest BCUT2D eigenvalue weighted by atomic mass is 16.5. The molecule has 0 unspecified atom stereocenters. The van der Waals surface area contributed by atoms with Crippen molar-refractivity contribution in [3.63, 3.8) is 0 Å². The number of methoxy groups -OCH3 is 2. The van der Waals surface area contributed by atoms with Crippen LogP contribution in [0.25, 0.3) is 22.3 Å². The Balaban J connectivity index is 2.35. The number of benzene rings is 3. The lowest BCUT2D eigenvalue weighted by Gasteiger charge is -2.18. The van der Waals surface area contributed by atoms with E-state index in [2.05, 4.69) is 24.3 Å². The predicted octanol–water partition coefficient (Wildman–Crippen LogP) is 5.04. The molecule has 2 nitrogen and oxygen atoms in total. The molecule has 0 amide bonds. The third-order valence-electron chi connectivity index (χ3n) is 3.69. The van der Waals surface area contributed by atoms with Gasteiger partial charge in [-0.15, -0.1) is 0 Å². The van der Waals surface area contributed by atoms with Gasteiger partial charge in [0.2, 0.25) is 0 Å². The molecule has 110 valence electrons. The zero-order valence-electron chi connectivity index (χ0n) is 12.7. The van der Waals surface area contributed by atoms with Gasteiger partial charge in [-0.05, 0) is 23.3 Å². The normalized spacial score (nSPS) is 10.3. The second kappa shape index (κ2) is 6.35. The first-order valence-electron chi connectivity index (χ1n) is 7.21. The summed E-state index contributed by atoms with van der Waals surface area (Å²) in [4.78, 5) is 0. The molecule has 0 saturated heterocycles. The molecule has 0 fully saturated rings. The van der Waals surface area contributed by atoms with Crippen LogP contribution in [0.2, 0.25) is 0 Å². The Labute approximate surface area is 131 Å². The van der Waals surface area contributed by atoms with Crippen molar-refractivity contribution in [3.05, 3.63) is 72.8 Å². The van der Waals surface area contributed by atoms with Crippen LogP contribution >= 0.6 is 0 Å². The van der Waals surface area contributed by atoms with Crippen molar-refractivity contribution in [2.24, 2.45) is 0 Å². The predicted molar refractivity (Wildman–Crippen MR) is 90.4 cm³/mol. The Kier molecular flexibility index (Phi) is 4.10. The maximum Gasteiger partial charge on any atom is 0.127 e. The Morgan fingerprint density at radius 1 is 0.500 bits per heavy atom. The van der Waals surface area contributed by atoms with Gasteiger partial charge in [-0.25, -0.2) is 0 Å². The minimum absolute atomic E-state index is 0.839. The Morgan fingerprint density at radius 2 is 0.864 bits per heavy atom. The highest BCUT2D eigenvalue weighted by molar-refractivity contribution is 5.91. The summed E-state index contributed by atoms with van der Waals surface area (Å²) in [5, 5.41) is 0. The fourth-order valence-corrected chi connectivity index (χ4v) is 2.69. The molecule has 0 atom stereocenters. The van der Waals surface area contributed by atoms with Crippen LogP contribution in [0.4, 0.5) is 0 Å². The first-order valence-corrected chi connectivity index (χ1v) is 7.21. The van der Waals surface area contributed by atoms with Crippen molar-refractivity contribution in [2.45, 2.75) is 0 Å². The average Bonchev–Trinajstić information content (AvgIpc) is 2.61. The van der Waals surface area contributed by atoms with Crippen molar-refractivity contribution in [2.75, 3.05) is 14.2 Å². The lowest BCUT2D eigenvalue weighted by Crippen LogP contribution is -1.95. The summed E-state index contributed by atoms with van der Waals surface area (Å²) < 4.78 is 11.2. The Morgan fingerprint density at radius 3 is 1.18 bits per heavy atom. The van der Waals surface area contributed by atoms with Gasteiger partial charge in [0, 0.05) is 11.1 Å². The zero-order chi connectivity index (χ0) is 15.4. The second-order valence-corrected chi connectivity index (χ2v) is 4.95. The van der Waals surface area contributed by atoms with Gasteiger partial charge in [-0.1, -0.05) is 60.7 Å². The average molecular weight is 290 g/mol. The van der Waals surface area contributed by atoms with E-state index in [1.807, 2.05) is 48.5 Å². The molecular formula is C20H18O2. The molecule has 0 saturated carbocycles. The molecule has 0 bridgehead atoms. The van der Waals surface area contributed by atoms with Crippen molar-refractivity contribution in [1.82, 2.24) is 0 Å². The molecule has 0 aromatic heterocycles. The van der Waals surface area contributed by atoms with Gasteiger partial charge in [-0.3, -0.25) is 0 Å². The van der Waals surface area contributed by atoms with Gasteiger partial charge in [0.1, 0.15) is 11.5 Å². The topological polar surface area (TPSA) is 18.5 Å². The second-order valence-electron chi connectivity index (χ2n) is 4.95. The summed E-state index contributed by atoms with van der Waals surface area (Å²) >= 11 is 0. The fourth-order valence-electron chi connectivity index (χ4n) is 2.69. The molecule has 2 heteroatoms. The van der Waals surface area contributed by atoms with E-state index in [-0.39, 0.29) is 0 Å². The highest BCUT2D eigenvalue weighted by Crippen LogP contribution is 2.44. The molecule has 0 aliphatic carbocycles. The molecule has 3 aromatic rings. The number of rotatable bonds is 4. The third kappa shape index (κ3) is 2.56. The van der Waals surface area contributed by atoms with Crippen LogP contribution in [0.5, 0.6) is 11.5 Å². The van der Waals surface area contributed by atoms with Crippen molar-refractivity contribution >= 4 is 0 Å². The van der Waals surface area contributed by atoms with Gasteiger partial charge in [0.25, 0.3) is 0 Å². The molecule has 0 aliphatic rings. The van der Waals surface area contributed by atoms with E-state index in [1.54, 1.807) is 14.2 Å². The molecule has 3 rings (SSSR count). The van der Waals surface area contributed by atoms with Crippen LogP contribution in [-0.4, -0.2) is 14.2 Å². The lowest BCUT2D eigenvalue weighted by molar-refractivity contribution is 0.406. The summed E-state index contributed by atoms with van der Waals surface area (Å²) in [5.41, 5.74) is 4.32.